The molecule has 0 N–H and O–H groups in total. The Bertz CT molecular complexity index is 1130. The summed E-state index contributed by atoms with van der Waals surface area (Å²) >= 11 is 0. The largest absolute Gasteiger partial charge is 0.495 e. The predicted octanol–water partition coefficient (Wildman–Crippen LogP) is 3.47. The van der Waals surface area contributed by atoms with Crippen LogP contribution < -0.4 is 14.5 Å². The Morgan fingerprint density at radius 3 is 2.50 bits per heavy atom. The summed E-state index contributed by atoms with van der Waals surface area (Å²) in [4.78, 5) is 34.6. The Morgan fingerprint density at radius 1 is 1.06 bits per heavy atom. The van der Waals surface area contributed by atoms with Crippen LogP contribution in [0.3, 0.4) is 0 Å². The number of rotatable bonds is 8. The van der Waals surface area contributed by atoms with Crippen molar-refractivity contribution in [1.82, 2.24) is 9.88 Å². The fourth-order valence-electron chi connectivity index (χ4n) is 4.17. The fourth-order valence-corrected chi connectivity index (χ4v) is 4.17. The summed E-state index contributed by atoms with van der Waals surface area (Å²) in [6.45, 7) is 4.18. The second-order valence-electron chi connectivity index (χ2n) is 7.94. The zero-order valence-corrected chi connectivity index (χ0v) is 19.0. The number of carbonyl (C=O) groups is 1. The fraction of sp³-hybridized carbons (Fsp3) is 0.280. The van der Waals surface area contributed by atoms with Gasteiger partial charge in [0.1, 0.15) is 11.4 Å². The number of amides is 1. The van der Waals surface area contributed by atoms with E-state index in [1.54, 1.807) is 43.6 Å². The molecule has 34 heavy (non-hydrogen) atoms. The van der Waals surface area contributed by atoms with Gasteiger partial charge in [-0.15, -0.1) is 0 Å². The minimum atomic E-state index is -0.453. The first-order chi connectivity index (χ1) is 16.6. The predicted molar refractivity (Wildman–Crippen MR) is 131 cm³/mol. The van der Waals surface area contributed by atoms with Gasteiger partial charge in [-0.05, 0) is 30.3 Å². The molecule has 4 rings (SSSR count). The monoisotopic (exact) mass is 461 g/mol. The first-order valence-corrected chi connectivity index (χ1v) is 11.1. The van der Waals surface area contributed by atoms with Crippen LogP contribution in [0.25, 0.3) is 0 Å². The number of carbonyl (C=O) groups excluding carboxylic acids is 1. The minimum Gasteiger partial charge on any atom is -0.495 e. The summed E-state index contributed by atoms with van der Waals surface area (Å²) in [5.74, 6) is 0.538. The van der Waals surface area contributed by atoms with Crippen molar-refractivity contribution >= 4 is 23.0 Å². The minimum absolute atomic E-state index is 0.0965. The van der Waals surface area contributed by atoms with Crippen LogP contribution in [0, 0.1) is 10.1 Å². The van der Waals surface area contributed by atoms with E-state index in [-0.39, 0.29) is 17.3 Å². The third-order valence-electron chi connectivity index (χ3n) is 5.96. The quantitative estimate of drug-likeness (QED) is 0.375. The molecule has 2 heterocycles. The first-order valence-electron chi connectivity index (χ1n) is 11.1. The molecule has 0 spiro atoms. The van der Waals surface area contributed by atoms with Crippen molar-refractivity contribution in [2.75, 3.05) is 56.2 Å². The Balaban J connectivity index is 1.48. The topological polar surface area (TPSA) is 92.1 Å². The van der Waals surface area contributed by atoms with E-state index in [2.05, 4.69) is 20.9 Å². The zero-order chi connectivity index (χ0) is 23.9. The van der Waals surface area contributed by atoms with Gasteiger partial charge in [0.15, 0.2) is 0 Å². The Hall–Kier alpha value is -3.98. The third kappa shape index (κ3) is 5.15. The summed E-state index contributed by atoms with van der Waals surface area (Å²) in [5.41, 5.74) is 1.65. The number of methoxy groups -OCH3 is 1. The van der Waals surface area contributed by atoms with Crippen molar-refractivity contribution < 1.29 is 14.5 Å². The van der Waals surface area contributed by atoms with Crippen LogP contribution in [0.1, 0.15) is 10.4 Å². The highest BCUT2D eigenvalue weighted by atomic mass is 16.6. The number of para-hydroxylation sites is 4. The van der Waals surface area contributed by atoms with Crippen molar-refractivity contribution in [2.45, 2.75) is 0 Å². The van der Waals surface area contributed by atoms with Gasteiger partial charge in [-0.1, -0.05) is 24.3 Å². The lowest BCUT2D eigenvalue weighted by Gasteiger charge is -2.37. The molecule has 3 aromatic rings. The number of nitro groups is 1. The lowest BCUT2D eigenvalue weighted by Crippen LogP contribution is -2.49. The standard InChI is InChI=1S/C25H27N5O4/c1-34-24-11-5-4-10-23(24)28-16-13-27(14-17-28)15-18-29(25(31)20-7-6-12-26-19-20)21-8-2-3-9-22(21)30(32)33/h2-12,19H,13-18H2,1H3. The molecule has 1 aromatic heterocycles. The second kappa shape index (κ2) is 10.8. The van der Waals surface area contributed by atoms with Gasteiger partial charge in [0.2, 0.25) is 0 Å². The molecule has 0 unspecified atom stereocenters. The number of benzene rings is 2. The molecule has 9 heteroatoms. The lowest BCUT2D eigenvalue weighted by molar-refractivity contribution is -0.384. The van der Waals surface area contributed by atoms with Crippen LogP contribution in [0.4, 0.5) is 17.1 Å². The van der Waals surface area contributed by atoms with Crippen molar-refractivity contribution in [1.29, 1.82) is 0 Å². The number of ether oxygens (including phenoxy) is 1. The summed E-state index contributed by atoms with van der Waals surface area (Å²) < 4.78 is 5.49. The summed E-state index contributed by atoms with van der Waals surface area (Å²) in [6.07, 6.45) is 3.07. The Kier molecular flexibility index (Phi) is 7.34. The molecule has 1 fully saturated rings. The maximum atomic E-state index is 13.3. The molecule has 2 aromatic carbocycles. The number of hydrogen-bond donors (Lipinski definition) is 0. The van der Waals surface area contributed by atoms with E-state index in [4.69, 9.17) is 4.74 Å². The number of hydrogen-bond acceptors (Lipinski definition) is 7. The maximum Gasteiger partial charge on any atom is 0.292 e. The van der Waals surface area contributed by atoms with E-state index < -0.39 is 4.92 Å². The van der Waals surface area contributed by atoms with Gasteiger partial charge in [0.25, 0.3) is 11.6 Å². The molecule has 0 aliphatic carbocycles. The van der Waals surface area contributed by atoms with Crippen LogP contribution in [-0.4, -0.2) is 67.1 Å². The van der Waals surface area contributed by atoms with Gasteiger partial charge >= 0.3 is 0 Å². The number of nitrogens with zero attached hydrogens (tertiary/aromatic N) is 5. The van der Waals surface area contributed by atoms with Crippen LogP contribution in [0.15, 0.2) is 73.1 Å². The molecule has 0 bridgehead atoms. The van der Waals surface area contributed by atoms with Gasteiger partial charge in [0.05, 0.1) is 23.3 Å². The van der Waals surface area contributed by atoms with Crippen molar-refractivity contribution in [3.05, 3.63) is 88.7 Å². The second-order valence-corrected chi connectivity index (χ2v) is 7.94. The SMILES string of the molecule is COc1ccccc1N1CCN(CCN(C(=O)c2cccnc2)c2ccccc2[N+](=O)[O-])CC1. The molecule has 1 saturated heterocycles. The van der Waals surface area contributed by atoms with Crippen molar-refractivity contribution in [2.24, 2.45) is 0 Å². The van der Waals surface area contributed by atoms with Gasteiger partial charge in [-0.2, -0.15) is 0 Å². The zero-order valence-electron chi connectivity index (χ0n) is 19.0. The van der Waals surface area contributed by atoms with Crippen LogP contribution >= 0.6 is 0 Å². The maximum absolute atomic E-state index is 13.3. The summed E-state index contributed by atoms with van der Waals surface area (Å²) in [7, 11) is 1.67. The van der Waals surface area contributed by atoms with Crippen LogP contribution in [0.5, 0.6) is 5.75 Å². The third-order valence-corrected chi connectivity index (χ3v) is 5.96. The van der Waals surface area contributed by atoms with Crippen LogP contribution in [0.2, 0.25) is 0 Å². The molecule has 9 nitrogen and oxygen atoms in total. The molecular formula is C25H27N5O4. The van der Waals surface area contributed by atoms with Crippen LogP contribution in [-0.2, 0) is 0 Å². The van der Waals surface area contributed by atoms with E-state index >= 15 is 0 Å². The molecule has 1 amide bonds. The highest BCUT2D eigenvalue weighted by molar-refractivity contribution is 6.07. The Morgan fingerprint density at radius 2 is 1.79 bits per heavy atom. The van der Waals surface area contributed by atoms with Crippen molar-refractivity contribution in [3.8, 4) is 5.75 Å². The molecule has 1 aliphatic heterocycles. The number of piperazine rings is 1. The number of anilines is 2. The number of nitro benzene ring substituents is 1. The highest BCUT2D eigenvalue weighted by Crippen LogP contribution is 2.30. The first kappa shape index (κ1) is 23.2. The smallest absolute Gasteiger partial charge is 0.292 e. The van der Waals surface area contributed by atoms with Gasteiger partial charge < -0.3 is 14.5 Å². The number of pyridine rings is 1. The Labute approximate surface area is 198 Å². The molecule has 176 valence electrons. The van der Waals surface area contributed by atoms with E-state index in [0.29, 0.717) is 18.7 Å². The van der Waals surface area contributed by atoms with E-state index in [1.165, 1.54) is 17.2 Å². The average molecular weight is 462 g/mol. The molecule has 0 atom stereocenters. The van der Waals surface area contributed by atoms with E-state index in [9.17, 15) is 14.9 Å². The lowest BCUT2D eigenvalue weighted by atomic mass is 10.2. The normalized spacial score (nSPS) is 14.0. The van der Waals surface area contributed by atoms with Gasteiger partial charge in [-0.3, -0.25) is 24.8 Å². The average Bonchev–Trinajstić information content (AvgIpc) is 2.89. The van der Waals surface area contributed by atoms with Crippen molar-refractivity contribution in [3.63, 3.8) is 0 Å². The van der Waals surface area contributed by atoms with Gasteiger partial charge in [0, 0.05) is 57.7 Å². The molecular weight excluding hydrogens is 434 g/mol. The highest BCUT2D eigenvalue weighted by Gasteiger charge is 2.27. The molecule has 0 saturated carbocycles. The summed E-state index contributed by atoms with van der Waals surface area (Å²) in [6, 6.07) is 17.7. The van der Waals surface area contributed by atoms with E-state index in [0.717, 1.165) is 37.6 Å². The number of aromatic nitrogens is 1. The summed E-state index contributed by atoms with van der Waals surface area (Å²) in [5, 5.41) is 11.6. The molecule has 1 aliphatic rings. The molecule has 0 radical (unpaired) electrons. The van der Waals surface area contributed by atoms with E-state index in [1.807, 2.05) is 18.2 Å². The van der Waals surface area contributed by atoms with Gasteiger partial charge in [-0.25, -0.2) is 0 Å².